The normalized spacial score (nSPS) is 13.3. The summed E-state index contributed by atoms with van der Waals surface area (Å²) >= 11 is 4.56. The standard InChI is InChI=1S/C7H7NO2S/c1-5(4-11)2-6(3-8)7(9)10/h2,4-5H,1H3,(H,9,10)/b6-2+. The summed E-state index contributed by atoms with van der Waals surface area (Å²) in [5, 5.41) is 18.1. The van der Waals surface area contributed by atoms with E-state index in [1.54, 1.807) is 13.0 Å². The highest BCUT2D eigenvalue weighted by atomic mass is 32.1. The number of nitrogens with zero attached hydrogens (tertiary/aromatic N) is 1. The molecule has 0 heterocycles. The average Bonchev–Trinajstić information content (AvgIpc) is 1.99. The van der Waals surface area contributed by atoms with Crippen molar-refractivity contribution in [2.75, 3.05) is 0 Å². The Morgan fingerprint density at radius 2 is 2.36 bits per heavy atom. The van der Waals surface area contributed by atoms with Crippen LogP contribution in [0.25, 0.3) is 0 Å². The van der Waals surface area contributed by atoms with Crippen LogP contribution in [0.4, 0.5) is 0 Å². The molecule has 0 fully saturated rings. The lowest BCUT2D eigenvalue weighted by molar-refractivity contribution is -0.132. The van der Waals surface area contributed by atoms with Crippen LogP contribution in [0, 0.1) is 17.2 Å². The second kappa shape index (κ2) is 4.58. The van der Waals surface area contributed by atoms with Crippen LogP contribution in [0.5, 0.6) is 0 Å². The Hall–Kier alpha value is -1.21. The summed E-state index contributed by atoms with van der Waals surface area (Å²) in [6.45, 7) is 1.72. The van der Waals surface area contributed by atoms with E-state index < -0.39 is 5.97 Å². The molecule has 0 saturated heterocycles. The van der Waals surface area contributed by atoms with Gasteiger partial charge in [-0.1, -0.05) is 25.2 Å². The van der Waals surface area contributed by atoms with E-state index in [1.807, 2.05) is 0 Å². The van der Waals surface area contributed by atoms with Crippen molar-refractivity contribution >= 4 is 23.6 Å². The van der Waals surface area contributed by atoms with E-state index in [1.165, 1.54) is 11.4 Å². The third kappa shape index (κ3) is 3.48. The van der Waals surface area contributed by atoms with E-state index in [2.05, 4.69) is 12.2 Å². The molecule has 4 heteroatoms. The van der Waals surface area contributed by atoms with Gasteiger partial charge >= 0.3 is 5.97 Å². The van der Waals surface area contributed by atoms with Crippen molar-refractivity contribution in [3.8, 4) is 6.07 Å². The molecule has 3 nitrogen and oxygen atoms in total. The Morgan fingerprint density at radius 3 is 2.64 bits per heavy atom. The third-order valence-corrected chi connectivity index (χ3v) is 1.42. The van der Waals surface area contributed by atoms with Gasteiger partial charge in [-0.05, 0) is 5.37 Å². The summed E-state index contributed by atoms with van der Waals surface area (Å²) in [6, 6.07) is 1.56. The van der Waals surface area contributed by atoms with Crippen LogP contribution < -0.4 is 0 Å². The zero-order chi connectivity index (χ0) is 8.85. The fourth-order valence-corrected chi connectivity index (χ4v) is 0.537. The highest BCUT2D eigenvalue weighted by Gasteiger charge is 2.06. The number of allylic oxidation sites excluding steroid dienone is 1. The topological polar surface area (TPSA) is 61.1 Å². The molecule has 0 aliphatic rings. The quantitative estimate of drug-likeness (QED) is 0.391. The van der Waals surface area contributed by atoms with E-state index in [0.717, 1.165) is 0 Å². The number of carboxylic acids is 1. The monoisotopic (exact) mass is 169 g/mol. The summed E-state index contributed by atoms with van der Waals surface area (Å²) < 4.78 is 0. The fraction of sp³-hybridized carbons (Fsp3) is 0.286. The number of hydrogen-bond donors (Lipinski definition) is 1. The van der Waals surface area contributed by atoms with Gasteiger partial charge in [0.15, 0.2) is 0 Å². The summed E-state index contributed by atoms with van der Waals surface area (Å²) in [5.41, 5.74) is -0.265. The van der Waals surface area contributed by atoms with Gasteiger partial charge in [0.2, 0.25) is 0 Å². The van der Waals surface area contributed by atoms with Crippen molar-refractivity contribution in [3.63, 3.8) is 0 Å². The summed E-state index contributed by atoms with van der Waals surface area (Å²) in [5.74, 6) is -1.37. The summed E-state index contributed by atoms with van der Waals surface area (Å²) in [7, 11) is 0. The Morgan fingerprint density at radius 1 is 1.82 bits per heavy atom. The van der Waals surface area contributed by atoms with Gasteiger partial charge in [-0.2, -0.15) is 5.26 Å². The van der Waals surface area contributed by atoms with Gasteiger partial charge in [-0.15, -0.1) is 0 Å². The van der Waals surface area contributed by atoms with E-state index in [-0.39, 0.29) is 11.5 Å². The molecular formula is C7H7NO2S. The summed E-state index contributed by atoms with van der Waals surface area (Å²) in [6.07, 6.45) is 1.31. The van der Waals surface area contributed by atoms with Gasteiger partial charge in [0.1, 0.15) is 11.6 Å². The molecule has 0 aliphatic carbocycles. The van der Waals surface area contributed by atoms with E-state index in [0.29, 0.717) is 0 Å². The maximum absolute atomic E-state index is 10.2. The Balaban J connectivity index is 4.51. The number of rotatable bonds is 3. The Labute approximate surface area is 69.9 Å². The molecule has 1 atom stereocenters. The smallest absolute Gasteiger partial charge is 0.346 e. The zero-order valence-electron chi connectivity index (χ0n) is 5.94. The van der Waals surface area contributed by atoms with Crippen LogP contribution in [0.1, 0.15) is 6.92 Å². The highest BCUT2D eigenvalue weighted by molar-refractivity contribution is 7.79. The van der Waals surface area contributed by atoms with Crippen LogP contribution in [0.15, 0.2) is 11.6 Å². The first-order chi connectivity index (χ1) is 5.11. The van der Waals surface area contributed by atoms with Crippen LogP contribution in [-0.2, 0) is 4.79 Å². The molecule has 11 heavy (non-hydrogen) atoms. The molecule has 58 valence electrons. The Bertz CT molecular complexity index is 239. The molecule has 0 amide bonds. The van der Waals surface area contributed by atoms with Crippen molar-refractivity contribution in [2.24, 2.45) is 5.92 Å². The van der Waals surface area contributed by atoms with E-state index in [9.17, 15) is 4.79 Å². The molecule has 1 unspecified atom stereocenters. The molecule has 0 rings (SSSR count). The van der Waals surface area contributed by atoms with Crippen molar-refractivity contribution in [2.45, 2.75) is 6.92 Å². The molecule has 0 aromatic carbocycles. The first kappa shape index (κ1) is 9.79. The van der Waals surface area contributed by atoms with Crippen molar-refractivity contribution < 1.29 is 9.90 Å². The minimum Gasteiger partial charge on any atom is -0.477 e. The van der Waals surface area contributed by atoms with Crippen molar-refractivity contribution in [3.05, 3.63) is 11.6 Å². The van der Waals surface area contributed by atoms with Gasteiger partial charge in [-0.25, -0.2) is 4.79 Å². The second-order valence-electron chi connectivity index (χ2n) is 1.99. The number of aliphatic carboxylic acids is 1. The SMILES string of the molecule is CC(C=S)/C=C(\C#N)C(=O)O. The van der Waals surface area contributed by atoms with Crippen LogP contribution in [0.3, 0.4) is 0 Å². The van der Waals surface area contributed by atoms with Crippen molar-refractivity contribution in [1.29, 1.82) is 5.26 Å². The van der Waals surface area contributed by atoms with Crippen LogP contribution >= 0.6 is 12.2 Å². The van der Waals surface area contributed by atoms with Gasteiger partial charge < -0.3 is 5.11 Å². The Kier molecular flexibility index (Phi) is 4.08. The first-order valence-electron chi connectivity index (χ1n) is 2.92. The lowest BCUT2D eigenvalue weighted by atomic mass is 10.1. The largest absolute Gasteiger partial charge is 0.477 e. The molecule has 0 radical (unpaired) electrons. The number of nitriles is 1. The molecule has 0 aliphatic heterocycles. The molecule has 0 aromatic heterocycles. The lowest BCUT2D eigenvalue weighted by Crippen LogP contribution is -2.01. The summed E-state index contributed by atoms with van der Waals surface area (Å²) in [4.78, 5) is 10.2. The molecule has 0 spiro atoms. The number of carbonyl (C=O) groups is 1. The number of thiocarbonyl (C=S) groups is 1. The zero-order valence-corrected chi connectivity index (χ0v) is 6.76. The number of carboxylic acid groups (broad SMARTS) is 1. The predicted molar refractivity (Wildman–Crippen MR) is 44.2 cm³/mol. The van der Waals surface area contributed by atoms with Crippen molar-refractivity contribution in [1.82, 2.24) is 0 Å². The lowest BCUT2D eigenvalue weighted by Gasteiger charge is -1.94. The van der Waals surface area contributed by atoms with Gasteiger partial charge in [0.25, 0.3) is 0 Å². The molecule has 0 bridgehead atoms. The average molecular weight is 169 g/mol. The molecular weight excluding hydrogens is 162 g/mol. The van der Waals surface area contributed by atoms with E-state index in [4.69, 9.17) is 10.4 Å². The van der Waals surface area contributed by atoms with Gasteiger partial charge in [-0.3, -0.25) is 0 Å². The van der Waals surface area contributed by atoms with Gasteiger partial charge in [0, 0.05) is 5.92 Å². The minimum atomic E-state index is -1.21. The third-order valence-electron chi connectivity index (χ3n) is 0.995. The molecule has 1 N–H and O–H groups in total. The maximum Gasteiger partial charge on any atom is 0.346 e. The second-order valence-corrected chi connectivity index (χ2v) is 2.26. The number of hydrogen-bond acceptors (Lipinski definition) is 3. The van der Waals surface area contributed by atoms with Crippen LogP contribution in [-0.4, -0.2) is 16.4 Å². The predicted octanol–water partition coefficient (Wildman–Crippen LogP) is 1.16. The molecule has 0 saturated carbocycles. The van der Waals surface area contributed by atoms with Crippen LogP contribution in [0.2, 0.25) is 0 Å². The highest BCUT2D eigenvalue weighted by Crippen LogP contribution is 2.00. The minimum absolute atomic E-state index is 0.157. The van der Waals surface area contributed by atoms with Gasteiger partial charge in [0.05, 0.1) is 0 Å². The first-order valence-corrected chi connectivity index (χ1v) is 3.39. The maximum atomic E-state index is 10.2. The molecule has 0 aromatic rings. The fourth-order valence-electron chi connectivity index (χ4n) is 0.459. The van der Waals surface area contributed by atoms with E-state index >= 15 is 0 Å².